The first-order valence-electron chi connectivity index (χ1n) is 6.45. The highest BCUT2D eigenvalue weighted by Crippen LogP contribution is 2.16. The van der Waals surface area contributed by atoms with Gasteiger partial charge in [-0.2, -0.15) is 0 Å². The number of aromatic amines is 1. The SMILES string of the molecule is CCC(Cc1ccccc1)n1[nH]c(C)c(C)c1=O. The molecular weight excluding hydrogens is 224 g/mol. The van der Waals surface area contributed by atoms with Crippen LogP contribution in [0, 0.1) is 13.8 Å². The molecule has 1 atom stereocenters. The molecule has 0 spiro atoms. The van der Waals surface area contributed by atoms with E-state index < -0.39 is 0 Å². The summed E-state index contributed by atoms with van der Waals surface area (Å²) in [4.78, 5) is 12.1. The minimum absolute atomic E-state index is 0.107. The van der Waals surface area contributed by atoms with E-state index in [0.29, 0.717) is 0 Å². The summed E-state index contributed by atoms with van der Waals surface area (Å²) in [6.45, 7) is 5.94. The normalized spacial score (nSPS) is 12.6. The summed E-state index contributed by atoms with van der Waals surface area (Å²) in [6.07, 6.45) is 1.82. The minimum Gasteiger partial charge on any atom is -0.299 e. The Morgan fingerprint density at radius 3 is 2.39 bits per heavy atom. The van der Waals surface area contributed by atoms with Crippen molar-refractivity contribution >= 4 is 0 Å². The lowest BCUT2D eigenvalue weighted by atomic mass is 10.0. The Bertz CT molecular complexity index is 566. The van der Waals surface area contributed by atoms with E-state index in [1.807, 2.05) is 32.0 Å². The summed E-state index contributed by atoms with van der Waals surface area (Å²) in [5.74, 6) is 0. The van der Waals surface area contributed by atoms with Crippen molar-refractivity contribution in [3.05, 3.63) is 57.5 Å². The van der Waals surface area contributed by atoms with Gasteiger partial charge in [-0.3, -0.25) is 9.89 Å². The van der Waals surface area contributed by atoms with Crippen molar-refractivity contribution in [2.24, 2.45) is 0 Å². The molecule has 0 aliphatic carbocycles. The molecule has 3 heteroatoms. The summed E-state index contributed by atoms with van der Waals surface area (Å²) < 4.78 is 1.78. The van der Waals surface area contributed by atoms with E-state index in [1.165, 1.54) is 5.56 Å². The maximum Gasteiger partial charge on any atom is 0.269 e. The minimum atomic E-state index is 0.107. The molecule has 18 heavy (non-hydrogen) atoms. The van der Waals surface area contributed by atoms with E-state index in [4.69, 9.17) is 0 Å². The molecule has 96 valence electrons. The van der Waals surface area contributed by atoms with E-state index in [9.17, 15) is 4.79 Å². The van der Waals surface area contributed by atoms with Crippen LogP contribution >= 0.6 is 0 Å². The average molecular weight is 244 g/mol. The van der Waals surface area contributed by atoms with Crippen LogP contribution in [0.2, 0.25) is 0 Å². The van der Waals surface area contributed by atoms with Gasteiger partial charge in [0, 0.05) is 11.3 Å². The zero-order chi connectivity index (χ0) is 13.1. The molecule has 1 unspecified atom stereocenters. The molecule has 0 fully saturated rings. The first-order valence-corrected chi connectivity index (χ1v) is 6.45. The molecule has 0 aliphatic rings. The summed E-state index contributed by atoms with van der Waals surface area (Å²) in [7, 11) is 0. The Kier molecular flexibility index (Phi) is 3.70. The van der Waals surface area contributed by atoms with Gasteiger partial charge in [0.1, 0.15) is 0 Å². The van der Waals surface area contributed by atoms with Crippen LogP contribution in [0.5, 0.6) is 0 Å². The molecule has 0 aliphatic heterocycles. The monoisotopic (exact) mass is 244 g/mol. The van der Waals surface area contributed by atoms with Crippen molar-refractivity contribution in [2.75, 3.05) is 0 Å². The number of H-pyrrole nitrogens is 1. The number of rotatable bonds is 4. The summed E-state index contributed by atoms with van der Waals surface area (Å²) in [5, 5.41) is 3.19. The third-order valence-electron chi connectivity index (χ3n) is 3.54. The number of nitrogens with one attached hydrogen (secondary N) is 1. The van der Waals surface area contributed by atoms with Crippen LogP contribution in [-0.2, 0) is 6.42 Å². The molecular formula is C15H20N2O. The zero-order valence-electron chi connectivity index (χ0n) is 11.2. The Morgan fingerprint density at radius 2 is 1.89 bits per heavy atom. The van der Waals surface area contributed by atoms with Gasteiger partial charge in [0.25, 0.3) is 5.56 Å². The number of nitrogens with zero attached hydrogens (tertiary/aromatic N) is 1. The molecule has 3 nitrogen and oxygen atoms in total. The molecule has 0 saturated carbocycles. The summed E-state index contributed by atoms with van der Waals surface area (Å²) in [5.41, 5.74) is 3.16. The largest absolute Gasteiger partial charge is 0.299 e. The highest BCUT2D eigenvalue weighted by atomic mass is 16.1. The smallest absolute Gasteiger partial charge is 0.269 e. The molecule has 1 aromatic carbocycles. The first-order chi connectivity index (χ1) is 8.63. The van der Waals surface area contributed by atoms with Crippen LogP contribution < -0.4 is 5.56 Å². The molecule has 0 bridgehead atoms. The van der Waals surface area contributed by atoms with Crippen LogP contribution in [-0.4, -0.2) is 9.78 Å². The molecule has 2 aromatic rings. The maximum absolute atomic E-state index is 12.1. The molecule has 1 aromatic heterocycles. The Morgan fingerprint density at radius 1 is 1.22 bits per heavy atom. The fourth-order valence-electron chi connectivity index (χ4n) is 2.22. The predicted octanol–water partition coefficient (Wildman–Crippen LogP) is 2.99. The van der Waals surface area contributed by atoms with Gasteiger partial charge in [-0.05, 0) is 32.3 Å². The maximum atomic E-state index is 12.1. The lowest BCUT2D eigenvalue weighted by molar-refractivity contribution is 0.425. The second-order valence-corrected chi connectivity index (χ2v) is 4.79. The fraction of sp³-hybridized carbons (Fsp3) is 0.400. The molecule has 1 N–H and O–H groups in total. The number of benzene rings is 1. The van der Waals surface area contributed by atoms with Crippen LogP contribution in [0.25, 0.3) is 0 Å². The molecule has 0 radical (unpaired) electrons. The van der Waals surface area contributed by atoms with Gasteiger partial charge in [0.05, 0.1) is 6.04 Å². The van der Waals surface area contributed by atoms with Crippen LogP contribution in [0.4, 0.5) is 0 Å². The fourth-order valence-corrected chi connectivity index (χ4v) is 2.22. The van der Waals surface area contributed by atoms with Crippen molar-refractivity contribution in [3.63, 3.8) is 0 Å². The van der Waals surface area contributed by atoms with Gasteiger partial charge in [-0.25, -0.2) is 4.68 Å². The standard InChI is InChI=1S/C15H20N2O/c1-4-14(10-13-8-6-5-7-9-13)17-15(18)11(2)12(3)16-17/h5-9,14,16H,4,10H2,1-3H3. The first kappa shape index (κ1) is 12.7. The number of aromatic nitrogens is 2. The molecule has 2 rings (SSSR count). The third-order valence-corrected chi connectivity index (χ3v) is 3.54. The van der Waals surface area contributed by atoms with Gasteiger partial charge in [-0.1, -0.05) is 37.3 Å². The van der Waals surface area contributed by atoms with Gasteiger partial charge < -0.3 is 0 Å². The van der Waals surface area contributed by atoms with E-state index in [-0.39, 0.29) is 11.6 Å². The van der Waals surface area contributed by atoms with Crippen LogP contribution in [0.1, 0.15) is 36.2 Å². The second-order valence-electron chi connectivity index (χ2n) is 4.79. The topological polar surface area (TPSA) is 37.8 Å². The second kappa shape index (κ2) is 5.25. The van der Waals surface area contributed by atoms with Crippen molar-refractivity contribution in [3.8, 4) is 0 Å². The van der Waals surface area contributed by atoms with Gasteiger partial charge in [0.15, 0.2) is 0 Å². The number of aryl methyl sites for hydroxylation is 1. The number of hydrogen-bond donors (Lipinski definition) is 1. The summed E-state index contributed by atoms with van der Waals surface area (Å²) >= 11 is 0. The van der Waals surface area contributed by atoms with E-state index in [2.05, 4.69) is 24.2 Å². The molecule has 1 heterocycles. The Balaban J connectivity index is 2.29. The van der Waals surface area contributed by atoms with E-state index >= 15 is 0 Å². The van der Waals surface area contributed by atoms with Crippen molar-refractivity contribution in [1.82, 2.24) is 9.78 Å². The molecule has 0 amide bonds. The van der Waals surface area contributed by atoms with Gasteiger partial charge in [-0.15, -0.1) is 0 Å². The number of hydrogen-bond acceptors (Lipinski definition) is 1. The summed E-state index contributed by atoms with van der Waals surface area (Å²) in [6, 6.07) is 10.5. The highest BCUT2D eigenvalue weighted by Gasteiger charge is 2.15. The zero-order valence-corrected chi connectivity index (χ0v) is 11.2. The predicted molar refractivity (Wildman–Crippen MR) is 74.0 cm³/mol. The van der Waals surface area contributed by atoms with Crippen LogP contribution in [0.15, 0.2) is 35.1 Å². The van der Waals surface area contributed by atoms with E-state index in [0.717, 1.165) is 24.1 Å². The van der Waals surface area contributed by atoms with Gasteiger partial charge >= 0.3 is 0 Å². The highest BCUT2D eigenvalue weighted by molar-refractivity contribution is 5.17. The van der Waals surface area contributed by atoms with Crippen molar-refractivity contribution < 1.29 is 0 Å². The Labute approximate surface area is 107 Å². The molecule has 0 saturated heterocycles. The van der Waals surface area contributed by atoms with Crippen LogP contribution in [0.3, 0.4) is 0 Å². The lowest BCUT2D eigenvalue weighted by Crippen LogP contribution is -2.24. The lowest BCUT2D eigenvalue weighted by Gasteiger charge is -2.15. The van der Waals surface area contributed by atoms with Crippen molar-refractivity contribution in [2.45, 2.75) is 39.7 Å². The third kappa shape index (κ3) is 2.40. The Hall–Kier alpha value is -1.77. The van der Waals surface area contributed by atoms with Crippen molar-refractivity contribution in [1.29, 1.82) is 0 Å². The quantitative estimate of drug-likeness (QED) is 0.882. The van der Waals surface area contributed by atoms with E-state index in [1.54, 1.807) is 4.68 Å². The van der Waals surface area contributed by atoms with Gasteiger partial charge in [0.2, 0.25) is 0 Å². The average Bonchev–Trinajstić information content (AvgIpc) is 2.65.